The normalized spacial score (nSPS) is 16.7. The molecule has 2 aliphatic rings. The van der Waals surface area contributed by atoms with Gasteiger partial charge in [-0.15, -0.1) is 0 Å². The summed E-state index contributed by atoms with van der Waals surface area (Å²) < 4.78 is 41.8. The van der Waals surface area contributed by atoms with Gasteiger partial charge in [0.25, 0.3) is 5.91 Å². The number of aliphatic imine (C=N–C) groups is 1. The molecule has 4 heterocycles. The molecule has 0 bridgehead atoms. The number of likely N-dealkylation sites (tertiary alicyclic amines) is 1. The number of amides is 2. The Bertz CT molecular complexity index is 1480. The molecule has 1 fully saturated rings. The highest BCUT2D eigenvalue weighted by molar-refractivity contribution is 6.27. The van der Waals surface area contributed by atoms with Gasteiger partial charge in [-0.2, -0.15) is 13.2 Å². The first-order chi connectivity index (χ1) is 18.0. The van der Waals surface area contributed by atoms with Crippen LogP contribution in [-0.2, 0) is 11.2 Å². The zero-order valence-electron chi connectivity index (χ0n) is 21.2. The van der Waals surface area contributed by atoms with E-state index >= 15 is 0 Å². The molecule has 1 aromatic carbocycles. The van der Waals surface area contributed by atoms with Crippen molar-refractivity contribution < 1.29 is 22.8 Å². The third-order valence-electron chi connectivity index (χ3n) is 6.85. The van der Waals surface area contributed by atoms with Crippen LogP contribution in [0.15, 0.2) is 47.9 Å². The van der Waals surface area contributed by atoms with E-state index in [9.17, 15) is 22.8 Å². The smallest absolute Gasteiger partial charge is 0.341 e. The molecule has 11 heteroatoms. The van der Waals surface area contributed by atoms with Gasteiger partial charge in [0.1, 0.15) is 11.8 Å². The second-order valence-electron chi connectivity index (χ2n) is 9.89. The summed E-state index contributed by atoms with van der Waals surface area (Å²) in [4.78, 5) is 39.4. The van der Waals surface area contributed by atoms with Crippen LogP contribution in [0.2, 0.25) is 0 Å². The number of nitrogens with one attached hydrogen (secondary N) is 1. The first kappa shape index (κ1) is 25.6. The maximum atomic E-state index is 13.4. The molecule has 1 atom stereocenters. The van der Waals surface area contributed by atoms with E-state index in [2.05, 4.69) is 27.2 Å². The summed E-state index contributed by atoms with van der Waals surface area (Å²) in [5.41, 5.74) is 2.49. The zero-order valence-corrected chi connectivity index (χ0v) is 21.2. The van der Waals surface area contributed by atoms with Gasteiger partial charge in [-0.1, -0.05) is 25.1 Å². The van der Waals surface area contributed by atoms with Crippen LogP contribution in [0.4, 0.5) is 13.2 Å². The van der Waals surface area contributed by atoms with Crippen molar-refractivity contribution in [3.63, 3.8) is 0 Å². The second-order valence-corrected chi connectivity index (χ2v) is 9.89. The third kappa shape index (κ3) is 4.80. The Morgan fingerprint density at radius 3 is 2.66 bits per heavy atom. The lowest BCUT2D eigenvalue weighted by Gasteiger charge is -2.38. The molecule has 0 unspecified atom stereocenters. The lowest BCUT2D eigenvalue weighted by atomic mass is 10.0. The van der Waals surface area contributed by atoms with Crippen molar-refractivity contribution in [2.45, 2.75) is 39.4 Å². The quantitative estimate of drug-likeness (QED) is 0.533. The van der Waals surface area contributed by atoms with Crippen molar-refractivity contribution in [2.24, 2.45) is 10.9 Å². The molecule has 2 aromatic heterocycles. The van der Waals surface area contributed by atoms with Crippen LogP contribution < -0.4 is 5.32 Å². The number of rotatable bonds is 6. The van der Waals surface area contributed by atoms with Gasteiger partial charge in [-0.05, 0) is 37.0 Å². The fourth-order valence-corrected chi connectivity index (χ4v) is 4.95. The van der Waals surface area contributed by atoms with Gasteiger partial charge in [0.2, 0.25) is 5.91 Å². The zero-order chi connectivity index (χ0) is 27.2. The van der Waals surface area contributed by atoms with Crippen LogP contribution in [0.3, 0.4) is 0 Å². The molecule has 8 nitrogen and oxygen atoms in total. The van der Waals surface area contributed by atoms with E-state index in [-0.39, 0.29) is 23.9 Å². The predicted molar refractivity (Wildman–Crippen MR) is 136 cm³/mol. The molecule has 0 radical (unpaired) electrons. The van der Waals surface area contributed by atoms with Gasteiger partial charge in [0.15, 0.2) is 5.65 Å². The van der Waals surface area contributed by atoms with Gasteiger partial charge in [0.05, 0.1) is 24.1 Å². The maximum absolute atomic E-state index is 13.4. The molecular formula is C27H27F3N6O2. The van der Waals surface area contributed by atoms with E-state index < -0.39 is 17.9 Å². The van der Waals surface area contributed by atoms with Crippen LogP contribution in [0.1, 0.15) is 46.7 Å². The summed E-state index contributed by atoms with van der Waals surface area (Å²) in [7, 11) is 0. The van der Waals surface area contributed by atoms with E-state index in [1.165, 1.54) is 18.5 Å². The van der Waals surface area contributed by atoms with E-state index in [1.54, 1.807) is 34.6 Å². The van der Waals surface area contributed by atoms with E-state index in [0.29, 0.717) is 48.0 Å². The lowest BCUT2D eigenvalue weighted by Crippen LogP contribution is -2.55. The minimum Gasteiger partial charge on any atom is -0.341 e. The number of hydrogen-bond donors (Lipinski definition) is 1. The monoisotopic (exact) mass is 524 g/mol. The van der Waals surface area contributed by atoms with Gasteiger partial charge >= 0.3 is 6.18 Å². The molecule has 38 heavy (non-hydrogen) atoms. The number of benzene rings is 1. The highest BCUT2D eigenvalue weighted by Crippen LogP contribution is 2.32. The maximum Gasteiger partial charge on any atom is 0.433 e. The fourth-order valence-electron chi connectivity index (χ4n) is 4.95. The summed E-state index contributed by atoms with van der Waals surface area (Å²) >= 11 is 0. The number of aromatic nitrogens is 3. The molecule has 1 saturated heterocycles. The highest BCUT2D eigenvalue weighted by Gasteiger charge is 2.40. The number of aryl methyl sites for hydroxylation is 1. The van der Waals surface area contributed by atoms with Crippen molar-refractivity contribution in [3.05, 3.63) is 70.9 Å². The molecule has 0 aliphatic carbocycles. The third-order valence-corrected chi connectivity index (χ3v) is 6.85. The lowest BCUT2D eigenvalue weighted by molar-refractivity contribution is -0.138. The van der Waals surface area contributed by atoms with E-state index in [1.807, 2.05) is 13.0 Å². The first-order valence-electron chi connectivity index (χ1n) is 12.4. The molecule has 0 spiro atoms. The second kappa shape index (κ2) is 9.70. The highest BCUT2D eigenvalue weighted by atomic mass is 19.4. The van der Waals surface area contributed by atoms with E-state index in [0.717, 1.165) is 11.1 Å². The Hall–Kier alpha value is -4.02. The molecule has 2 amide bonds. The van der Waals surface area contributed by atoms with Gasteiger partial charge < -0.3 is 10.2 Å². The summed E-state index contributed by atoms with van der Waals surface area (Å²) in [6.45, 7) is 6.96. The Balaban J connectivity index is 1.32. The number of allylic oxidation sites excluding steroid dienone is 1. The Kier molecular flexibility index (Phi) is 6.54. The van der Waals surface area contributed by atoms with Crippen LogP contribution in [0.5, 0.6) is 0 Å². The molecule has 2 aliphatic heterocycles. The molecule has 198 valence electrons. The number of carbonyl (C=O) groups is 2. The summed E-state index contributed by atoms with van der Waals surface area (Å²) in [5, 5.41) is 2.79. The van der Waals surface area contributed by atoms with Crippen molar-refractivity contribution in [1.29, 1.82) is 0 Å². The van der Waals surface area contributed by atoms with Crippen molar-refractivity contribution in [2.75, 3.05) is 19.6 Å². The van der Waals surface area contributed by atoms with E-state index in [4.69, 9.17) is 0 Å². The van der Waals surface area contributed by atoms with Gasteiger partial charge in [0, 0.05) is 43.0 Å². The molecule has 5 rings (SSSR count). The van der Waals surface area contributed by atoms with Crippen molar-refractivity contribution in [1.82, 2.24) is 24.6 Å². The summed E-state index contributed by atoms with van der Waals surface area (Å²) in [6.07, 6.45) is 1.77. The number of imidazole rings is 1. The number of carbonyl (C=O) groups excluding carboxylic acids is 2. The minimum absolute atomic E-state index is 0.00434. The Morgan fingerprint density at radius 2 is 1.97 bits per heavy atom. The molecular weight excluding hydrogens is 497 g/mol. The van der Waals surface area contributed by atoms with Gasteiger partial charge in [-0.3, -0.25) is 24.0 Å². The largest absolute Gasteiger partial charge is 0.433 e. The number of fused-ring (bicyclic) bond motifs is 1. The van der Waals surface area contributed by atoms with Crippen LogP contribution in [0, 0.1) is 12.8 Å². The van der Waals surface area contributed by atoms with Crippen molar-refractivity contribution >= 4 is 28.7 Å². The number of nitrogens with zero attached hydrogens (tertiary/aromatic N) is 5. The van der Waals surface area contributed by atoms with Gasteiger partial charge in [-0.25, -0.2) is 4.98 Å². The SMILES string of the molecule is Cc1cc(Cc2nccn3c(C4=CCN=C4C(F)(F)F)cnc23)ccc1C(=O)N[C@H](C)C(=O)N1CC(C)C1. The minimum atomic E-state index is -4.55. The number of alkyl halides is 3. The van der Waals surface area contributed by atoms with Crippen LogP contribution in [-0.4, -0.2) is 68.6 Å². The average molecular weight is 525 g/mol. The average Bonchev–Trinajstić information content (AvgIpc) is 3.49. The van der Waals surface area contributed by atoms with Crippen molar-refractivity contribution in [3.8, 4) is 0 Å². The van der Waals surface area contributed by atoms with Crippen LogP contribution in [0.25, 0.3) is 11.2 Å². The fraction of sp³-hybridized carbons (Fsp3) is 0.370. The predicted octanol–water partition coefficient (Wildman–Crippen LogP) is 3.63. The Labute approximate surface area is 217 Å². The molecule has 0 saturated carbocycles. The Morgan fingerprint density at radius 1 is 1.21 bits per heavy atom. The number of hydrogen-bond acceptors (Lipinski definition) is 5. The molecule has 3 aromatic rings. The standard InChI is InChI=1S/C27H27F3N6O2/c1-15-13-35(14-15)26(38)17(3)34-25(37)19-5-4-18(10-16(19)2)11-21-24-33-12-22(36(24)9-8-31-21)20-6-7-32-23(20)27(28,29)30/h4-6,8-10,12,15,17H,7,11,13-14H2,1-3H3,(H,34,37)/t17-/m1/s1. The topological polar surface area (TPSA) is 92.0 Å². The van der Waals surface area contributed by atoms with Crippen LogP contribution >= 0.6 is 0 Å². The summed E-state index contributed by atoms with van der Waals surface area (Å²) in [6, 6.07) is 4.74. The number of halogens is 3. The summed E-state index contributed by atoms with van der Waals surface area (Å²) in [5.74, 6) is 0.0658. The molecule has 1 N–H and O–H groups in total. The first-order valence-corrected chi connectivity index (χ1v) is 12.4.